The van der Waals surface area contributed by atoms with Gasteiger partial charge in [-0.2, -0.15) is 0 Å². The first-order valence-electron chi connectivity index (χ1n) is 7.85. The van der Waals surface area contributed by atoms with Gasteiger partial charge in [0.05, 0.1) is 18.8 Å². The van der Waals surface area contributed by atoms with Gasteiger partial charge in [-0.3, -0.25) is 4.79 Å². The van der Waals surface area contributed by atoms with Crippen molar-refractivity contribution in [1.29, 1.82) is 0 Å². The minimum absolute atomic E-state index is 0.238. The zero-order valence-corrected chi connectivity index (χ0v) is 13.4. The van der Waals surface area contributed by atoms with E-state index in [1.54, 1.807) is 49.4 Å². The molecule has 1 unspecified atom stereocenters. The van der Waals surface area contributed by atoms with Crippen molar-refractivity contribution >= 4 is 11.8 Å². The molecule has 0 aliphatic carbocycles. The van der Waals surface area contributed by atoms with Gasteiger partial charge in [-0.25, -0.2) is 4.79 Å². The Morgan fingerprint density at radius 1 is 0.958 bits per heavy atom. The summed E-state index contributed by atoms with van der Waals surface area (Å²) in [6.45, 7) is 2.68. The molecular formula is C19H18O5. The first-order valence-corrected chi connectivity index (χ1v) is 7.85. The van der Waals surface area contributed by atoms with Gasteiger partial charge in [-0.15, -0.1) is 0 Å². The number of hydrogen-bond donors (Lipinski definition) is 0. The monoisotopic (exact) mass is 326 g/mol. The predicted octanol–water partition coefficient (Wildman–Crippen LogP) is 3.28. The largest absolute Gasteiger partial charge is 0.490 e. The van der Waals surface area contributed by atoms with E-state index in [2.05, 4.69) is 0 Å². The number of esters is 1. The molecule has 0 N–H and O–H groups in total. The van der Waals surface area contributed by atoms with Crippen LogP contribution in [0.3, 0.4) is 0 Å². The van der Waals surface area contributed by atoms with Crippen molar-refractivity contribution in [2.45, 2.75) is 19.4 Å². The molecule has 0 fully saturated rings. The van der Waals surface area contributed by atoms with Crippen molar-refractivity contribution in [2.24, 2.45) is 0 Å². The molecule has 2 aromatic carbocycles. The minimum Gasteiger partial charge on any atom is -0.490 e. The second kappa shape index (κ2) is 7.17. The highest BCUT2D eigenvalue weighted by atomic mass is 16.5. The third kappa shape index (κ3) is 3.56. The first-order chi connectivity index (χ1) is 11.6. The Labute approximate surface area is 140 Å². The van der Waals surface area contributed by atoms with Crippen molar-refractivity contribution in [2.75, 3.05) is 13.2 Å². The molecule has 3 rings (SSSR count). The van der Waals surface area contributed by atoms with Crippen molar-refractivity contribution in [3.8, 4) is 11.5 Å². The molecule has 0 saturated heterocycles. The van der Waals surface area contributed by atoms with Gasteiger partial charge >= 0.3 is 5.97 Å². The van der Waals surface area contributed by atoms with Gasteiger partial charge in [0.1, 0.15) is 0 Å². The second-order valence-electron chi connectivity index (χ2n) is 5.49. The number of benzene rings is 2. The maximum atomic E-state index is 12.3. The van der Waals surface area contributed by atoms with Crippen molar-refractivity contribution in [3.63, 3.8) is 0 Å². The van der Waals surface area contributed by atoms with Gasteiger partial charge in [0, 0.05) is 12.0 Å². The standard InChI is InChI=1S/C19H18O5/c1-13(18(20)14-6-3-2-4-7-14)24-19(21)15-8-9-16-17(12-15)23-11-5-10-22-16/h2-4,6-9,12-13H,5,10-11H2,1H3. The van der Waals surface area contributed by atoms with Crippen LogP contribution in [0.2, 0.25) is 0 Å². The first kappa shape index (κ1) is 16.1. The molecule has 1 atom stereocenters. The lowest BCUT2D eigenvalue weighted by Crippen LogP contribution is -2.24. The third-order valence-electron chi connectivity index (χ3n) is 3.69. The summed E-state index contributed by atoms with van der Waals surface area (Å²) in [5.74, 6) is 0.321. The van der Waals surface area contributed by atoms with Crippen molar-refractivity contribution in [3.05, 3.63) is 59.7 Å². The number of carbonyl (C=O) groups excluding carboxylic acids is 2. The van der Waals surface area contributed by atoms with Crippen LogP contribution >= 0.6 is 0 Å². The average molecular weight is 326 g/mol. The van der Waals surface area contributed by atoms with Crippen LogP contribution in [0.15, 0.2) is 48.5 Å². The summed E-state index contributed by atoms with van der Waals surface area (Å²) < 4.78 is 16.4. The fourth-order valence-electron chi connectivity index (χ4n) is 2.41. The Morgan fingerprint density at radius 3 is 2.42 bits per heavy atom. The molecule has 0 amide bonds. The van der Waals surface area contributed by atoms with Crippen LogP contribution in [-0.2, 0) is 4.74 Å². The molecule has 0 radical (unpaired) electrons. The number of Topliss-reactive ketones (excluding diaryl/α,β-unsaturated/α-hetero) is 1. The van der Waals surface area contributed by atoms with Crippen LogP contribution in [0, 0.1) is 0 Å². The smallest absolute Gasteiger partial charge is 0.338 e. The maximum absolute atomic E-state index is 12.3. The summed E-state index contributed by atoms with van der Waals surface area (Å²) in [4.78, 5) is 24.6. The topological polar surface area (TPSA) is 61.8 Å². The zero-order chi connectivity index (χ0) is 16.9. The van der Waals surface area contributed by atoms with Crippen molar-refractivity contribution in [1.82, 2.24) is 0 Å². The van der Waals surface area contributed by atoms with E-state index >= 15 is 0 Å². The third-order valence-corrected chi connectivity index (χ3v) is 3.69. The number of carbonyl (C=O) groups is 2. The van der Waals surface area contributed by atoms with Gasteiger partial charge in [0.2, 0.25) is 5.78 Å². The molecule has 1 aliphatic heterocycles. The SMILES string of the molecule is CC(OC(=O)c1ccc2c(c1)OCCCO2)C(=O)c1ccccc1. The van der Waals surface area contributed by atoms with Crippen LogP contribution < -0.4 is 9.47 Å². The molecule has 124 valence electrons. The predicted molar refractivity (Wildman–Crippen MR) is 87.7 cm³/mol. The molecule has 5 heteroatoms. The van der Waals surface area contributed by atoms with Gasteiger partial charge in [0.15, 0.2) is 17.6 Å². The molecule has 5 nitrogen and oxygen atoms in total. The van der Waals surface area contributed by atoms with E-state index in [1.165, 1.54) is 0 Å². The fraction of sp³-hybridized carbons (Fsp3) is 0.263. The summed E-state index contributed by atoms with van der Waals surface area (Å²) >= 11 is 0. The Balaban J connectivity index is 1.70. The lowest BCUT2D eigenvalue weighted by Gasteiger charge is -2.13. The van der Waals surface area contributed by atoms with Gasteiger partial charge in [-0.1, -0.05) is 30.3 Å². The van der Waals surface area contributed by atoms with Crippen LogP contribution in [0.5, 0.6) is 11.5 Å². The van der Waals surface area contributed by atoms with E-state index in [9.17, 15) is 9.59 Å². The van der Waals surface area contributed by atoms with E-state index < -0.39 is 12.1 Å². The molecule has 0 bridgehead atoms. The Morgan fingerprint density at radius 2 is 1.67 bits per heavy atom. The summed E-state index contributed by atoms with van der Waals surface area (Å²) in [6.07, 6.45) is -0.0762. The number of fused-ring (bicyclic) bond motifs is 1. The van der Waals surface area contributed by atoms with E-state index in [0.717, 1.165) is 6.42 Å². The quantitative estimate of drug-likeness (QED) is 0.637. The van der Waals surface area contributed by atoms with E-state index in [-0.39, 0.29) is 5.78 Å². The zero-order valence-electron chi connectivity index (χ0n) is 13.4. The molecular weight excluding hydrogens is 308 g/mol. The second-order valence-corrected chi connectivity index (χ2v) is 5.49. The van der Waals surface area contributed by atoms with Crippen LogP contribution in [-0.4, -0.2) is 31.1 Å². The van der Waals surface area contributed by atoms with E-state index in [1.807, 2.05) is 6.07 Å². The number of ether oxygens (including phenoxy) is 3. The Kier molecular flexibility index (Phi) is 4.79. The molecule has 2 aromatic rings. The lowest BCUT2D eigenvalue weighted by molar-refractivity contribution is 0.0318. The molecule has 0 aromatic heterocycles. The van der Waals surface area contributed by atoms with Crippen LogP contribution in [0.4, 0.5) is 0 Å². The van der Waals surface area contributed by atoms with E-state index in [0.29, 0.717) is 35.8 Å². The number of hydrogen-bond acceptors (Lipinski definition) is 5. The van der Waals surface area contributed by atoms with Gasteiger partial charge in [0.25, 0.3) is 0 Å². The minimum atomic E-state index is -0.865. The van der Waals surface area contributed by atoms with Gasteiger partial charge in [-0.05, 0) is 25.1 Å². The van der Waals surface area contributed by atoms with Crippen molar-refractivity contribution < 1.29 is 23.8 Å². The highest BCUT2D eigenvalue weighted by Gasteiger charge is 2.21. The average Bonchev–Trinajstić information content (AvgIpc) is 2.86. The summed E-state index contributed by atoms with van der Waals surface area (Å²) in [6, 6.07) is 13.6. The highest BCUT2D eigenvalue weighted by Crippen LogP contribution is 2.30. The van der Waals surface area contributed by atoms with E-state index in [4.69, 9.17) is 14.2 Å². The molecule has 0 spiro atoms. The summed E-state index contributed by atoms with van der Waals surface area (Å²) in [5, 5.41) is 0. The Hall–Kier alpha value is -2.82. The summed E-state index contributed by atoms with van der Waals surface area (Å²) in [5.41, 5.74) is 0.837. The van der Waals surface area contributed by atoms with Crippen LogP contribution in [0.25, 0.3) is 0 Å². The Bertz CT molecular complexity index is 739. The lowest BCUT2D eigenvalue weighted by atomic mass is 10.1. The molecule has 1 aliphatic rings. The van der Waals surface area contributed by atoms with Crippen LogP contribution in [0.1, 0.15) is 34.1 Å². The van der Waals surface area contributed by atoms with Gasteiger partial charge < -0.3 is 14.2 Å². The maximum Gasteiger partial charge on any atom is 0.338 e. The molecule has 1 heterocycles. The summed E-state index contributed by atoms with van der Waals surface area (Å²) in [7, 11) is 0. The highest BCUT2D eigenvalue weighted by molar-refractivity contribution is 6.01. The number of rotatable bonds is 4. The molecule has 0 saturated carbocycles. The fourth-order valence-corrected chi connectivity index (χ4v) is 2.41. The molecule has 24 heavy (non-hydrogen) atoms. The number of ketones is 1. The normalized spacial score (nSPS) is 14.4.